The standard InChI is InChI=1S/C35H28N2O3S3/c1-23-9-13-28(14-10-23)43(40)37-31-8-3-2-7-29(31)34(30-15-17-41-33(30)21-36)35(37)26-6-4-5-24(19-26)25-11-12-27(22-39)32(20-25)42-18-16-38/h2-3,6-17,19-20,39H,4-5,18,22H2,1H3. The summed E-state index contributed by atoms with van der Waals surface area (Å²) in [5, 5.41) is 22.7. The molecule has 1 unspecified atom stereocenters. The molecule has 1 aliphatic carbocycles. The molecule has 5 aromatic rings. The highest BCUT2D eigenvalue weighted by molar-refractivity contribution is 8.00. The molecule has 214 valence electrons. The minimum absolute atomic E-state index is 0.0954. The summed E-state index contributed by atoms with van der Waals surface area (Å²) in [6.45, 7) is 1.91. The Bertz CT molecular complexity index is 1930. The Morgan fingerprint density at radius 3 is 2.72 bits per heavy atom. The smallest absolute Gasteiger partial charge is 0.180 e. The van der Waals surface area contributed by atoms with Crippen LogP contribution >= 0.6 is 23.1 Å². The molecule has 1 aliphatic rings. The number of aryl methyl sites for hydroxylation is 1. The molecule has 0 fully saturated rings. The summed E-state index contributed by atoms with van der Waals surface area (Å²) >= 11 is 1.26. The van der Waals surface area contributed by atoms with Crippen LogP contribution in [0.4, 0.5) is 0 Å². The van der Waals surface area contributed by atoms with E-state index in [1.807, 2.05) is 89.1 Å². The highest BCUT2D eigenvalue weighted by Gasteiger charge is 2.30. The number of rotatable bonds is 9. The molecule has 1 N–H and O–H groups in total. The molecule has 8 heteroatoms. The van der Waals surface area contributed by atoms with Crippen molar-refractivity contribution in [1.29, 1.82) is 5.26 Å². The summed E-state index contributed by atoms with van der Waals surface area (Å²) in [7, 11) is 0. The van der Waals surface area contributed by atoms with Gasteiger partial charge in [0.1, 0.15) is 34.3 Å². The van der Waals surface area contributed by atoms with Crippen molar-refractivity contribution in [2.75, 3.05) is 5.75 Å². The second kappa shape index (κ2) is 12.8. The highest BCUT2D eigenvalue weighted by Crippen LogP contribution is 2.45. The van der Waals surface area contributed by atoms with Gasteiger partial charge in [-0.2, -0.15) is 9.23 Å². The van der Waals surface area contributed by atoms with E-state index in [-0.39, 0.29) is 6.61 Å². The average Bonchev–Trinajstić information content (AvgIpc) is 3.66. The average molecular weight is 621 g/mol. The Hall–Kier alpha value is -3.84. The lowest BCUT2D eigenvalue weighted by molar-refractivity contribution is -0.105. The molecule has 1 atom stereocenters. The van der Waals surface area contributed by atoms with Crippen molar-refractivity contribution >= 4 is 62.8 Å². The zero-order valence-electron chi connectivity index (χ0n) is 23.4. The monoisotopic (exact) mass is 620 g/mol. The van der Waals surface area contributed by atoms with Crippen LogP contribution in [-0.4, -0.2) is 25.7 Å². The zero-order chi connectivity index (χ0) is 29.9. The van der Waals surface area contributed by atoms with Crippen molar-refractivity contribution in [3.05, 3.63) is 118 Å². The molecule has 6 rings (SSSR count). The van der Waals surface area contributed by atoms with E-state index in [0.29, 0.717) is 15.5 Å². The number of benzene rings is 3. The normalized spacial score (nSPS) is 13.8. The van der Waals surface area contributed by atoms with Gasteiger partial charge in [-0.15, -0.1) is 23.1 Å². The first-order valence-corrected chi connectivity index (χ1v) is 16.8. The van der Waals surface area contributed by atoms with Gasteiger partial charge in [0.05, 0.1) is 17.9 Å². The zero-order valence-corrected chi connectivity index (χ0v) is 25.9. The molecule has 2 heterocycles. The maximum atomic E-state index is 14.4. The number of thioether (sulfide) groups is 1. The molecular formula is C35H28N2O3S3. The van der Waals surface area contributed by atoms with Crippen LogP contribution in [0.5, 0.6) is 0 Å². The fourth-order valence-electron chi connectivity index (χ4n) is 5.51. The van der Waals surface area contributed by atoms with Gasteiger partial charge in [0.25, 0.3) is 0 Å². The first-order chi connectivity index (χ1) is 21.0. The van der Waals surface area contributed by atoms with Crippen molar-refractivity contribution in [2.24, 2.45) is 0 Å². The number of hydrogen-bond acceptors (Lipinski definition) is 6. The number of aromatic nitrogens is 1. The Morgan fingerprint density at radius 1 is 1.14 bits per heavy atom. The number of aldehydes is 1. The van der Waals surface area contributed by atoms with Gasteiger partial charge in [-0.1, -0.05) is 54.1 Å². The van der Waals surface area contributed by atoms with Crippen molar-refractivity contribution in [2.45, 2.75) is 36.2 Å². The van der Waals surface area contributed by atoms with Gasteiger partial charge >= 0.3 is 0 Å². The van der Waals surface area contributed by atoms with Gasteiger partial charge in [0, 0.05) is 21.4 Å². The van der Waals surface area contributed by atoms with Crippen LogP contribution in [0, 0.1) is 18.3 Å². The number of hydrogen-bond donors (Lipinski definition) is 1. The van der Waals surface area contributed by atoms with Crippen molar-refractivity contribution < 1.29 is 14.5 Å². The summed E-state index contributed by atoms with van der Waals surface area (Å²) in [5.74, 6) is 0.316. The van der Waals surface area contributed by atoms with Gasteiger partial charge < -0.3 is 14.5 Å². The number of thiophene rings is 1. The number of fused-ring (bicyclic) bond motifs is 1. The van der Waals surface area contributed by atoms with E-state index in [1.54, 1.807) is 0 Å². The second-order valence-electron chi connectivity index (χ2n) is 10.2. The van der Waals surface area contributed by atoms with Gasteiger partial charge in [0.15, 0.2) is 4.90 Å². The SMILES string of the molecule is Cc1ccc([S+]([O-])n2c(C3=CCCC(c4ccc(CO)c(SCC=O)c4)=C3)c(-c3ccsc3C#N)c3ccccc32)cc1. The number of carbonyl (C=O) groups is 1. The Balaban J connectivity index is 1.58. The van der Waals surface area contributed by atoms with Crippen molar-refractivity contribution in [3.8, 4) is 17.2 Å². The van der Waals surface area contributed by atoms with E-state index in [1.165, 1.54) is 23.1 Å². The summed E-state index contributed by atoms with van der Waals surface area (Å²) in [4.78, 5) is 13.3. The van der Waals surface area contributed by atoms with Crippen LogP contribution in [0.25, 0.3) is 33.2 Å². The fourth-order valence-corrected chi connectivity index (χ4v) is 8.25. The molecule has 0 amide bonds. The highest BCUT2D eigenvalue weighted by atomic mass is 32.2. The van der Waals surface area contributed by atoms with E-state index in [4.69, 9.17) is 0 Å². The summed E-state index contributed by atoms with van der Waals surface area (Å²) in [5.41, 5.74) is 8.35. The molecule has 0 aliphatic heterocycles. The van der Waals surface area contributed by atoms with E-state index in [0.717, 1.165) is 79.6 Å². The molecule has 0 radical (unpaired) electrons. The predicted octanol–water partition coefficient (Wildman–Crippen LogP) is 8.16. The lowest BCUT2D eigenvalue weighted by atomic mass is 9.90. The number of aliphatic hydroxyl groups is 1. The maximum absolute atomic E-state index is 14.4. The third kappa shape index (κ3) is 5.63. The van der Waals surface area contributed by atoms with Crippen LogP contribution < -0.4 is 0 Å². The Morgan fingerprint density at radius 2 is 1.95 bits per heavy atom. The van der Waals surface area contributed by atoms with Crippen LogP contribution in [-0.2, 0) is 22.8 Å². The third-order valence-corrected chi connectivity index (χ3v) is 10.8. The van der Waals surface area contributed by atoms with Gasteiger partial charge in [-0.3, -0.25) is 0 Å². The quantitative estimate of drug-likeness (QED) is 0.102. The fraction of sp³-hybridized carbons (Fsp3) is 0.143. The van der Waals surface area contributed by atoms with Crippen LogP contribution in [0.2, 0.25) is 0 Å². The van der Waals surface area contributed by atoms with Gasteiger partial charge in [-0.05, 0) is 83.8 Å². The van der Waals surface area contributed by atoms with E-state index >= 15 is 0 Å². The second-order valence-corrected chi connectivity index (χ2v) is 13.5. The first kappa shape index (κ1) is 29.2. The molecule has 3 aromatic carbocycles. The lowest BCUT2D eigenvalue weighted by Gasteiger charge is -2.20. The molecule has 5 nitrogen and oxygen atoms in total. The largest absolute Gasteiger partial charge is 0.587 e. The van der Waals surface area contributed by atoms with E-state index in [9.17, 15) is 19.7 Å². The molecule has 0 saturated heterocycles. The third-order valence-electron chi connectivity index (χ3n) is 7.55. The molecule has 43 heavy (non-hydrogen) atoms. The Kier molecular flexibility index (Phi) is 8.70. The molecule has 0 spiro atoms. The number of allylic oxidation sites excluding steroid dienone is 4. The number of nitriles is 1. The van der Waals surface area contributed by atoms with Gasteiger partial charge in [-0.25, -0.2) is 0 Å². The Labute approximate surface area is 262 Å². The predicted molar refractivity (Wildman–Crippen MR) is 177 cm³/mol. The topological polar surface area (TPSA) is 89.1 Å². The minimum Gasteiger partial charge on any atom is -0.587 e. The molecular weight excluding hydrogens is 593 g/mol. The van der Waals surface area contributed by atoms with Crippen LogP contribution in [0.15, 0.2) is 100 Å². The van der Waals surface area contributed by atoms with Crippen molar-refractivity contribution in [1.82, 2.24) is 3.97 Å². The van der Waals surface area contributed by atoms with Gasteiger partial charge in [0.2, 0.25) is 0 Å². The molecule has 0 saturated carbocycles. The number of aliphatic hydroxyl groups excluding tert-OH is 1. The van der Waals surface area contributed by atoms with Crippen LogP contribution in [0.3, 0.4) is 0 Å². The first-order valence-electron chi connectivity index (χ1n) is 13.9. The summed E-state index contributed by atoms with van der Waals surface area (Å²) < 4.78 is 16.4. The summed E-state index contributed by atoms with van der Waals surface area (Å²) in [6.07, 6.45) is 6.82. The molecule has 0 bridgehead atoms. The van der Waals surface area contributed by atoms with Crippen LogP contribution in [0.1, 0.15) is 40.1 Å². The number of carbonyl (C=O) groups excluding carboxylic acids is 1. The lowest BCUT2D eigenvalue weighted by Crippen LogP contribution is -2.16. The maximum Gasteiger partial charge on any atom is 0.180 e. The van der Waals surface area contributed by atoms with E-state index < -0.39 is 11.4 Å². The number of nitrogens with zero attached hydrogens (tertiary/aromatic N) is 2. The molecule has 2 aromatic heterocycles. The van der Waals surface area contributed by atoms with E-state index in [2.05, 4.69) is 18.2 Å². The minimum atomic E-state index is -1.56. The number of para-hydroxylation sites is 1. The van der Waals surface area contributed by atoms with Crippen molar-refractivity contribution in [3.63, 3.8) is 0 Å². The summed E-state index contributed by atoms with van der Waals surface area (Å²) in [6, 6.07) is 26.0.